The van der Waals surface area contributed by atoms with Crippen molar-refractivity contribution in [2.75, 3.05) is 39.3 Å². The maximum atomic E-state index is 5.65. The van der Waals surface area contributed by atoms with Crippen molar-refractivity contribution < 1.29 is 4.74 Å². The van der Waals surface area contributed by atoms with Crippen molar-refractivity contribution in [2.45, 2.75) is 39.2 Å². The highest BCUT2D eigenvalue weighted by Gasteiger charge is 2.19. The van der Waals surface area contributed by atoms with Gasteiger partial charge in [0.25, 0.3) is 0 Å². The van der Waals surface area contributed by atoms with Gasteiger partial charge in [-0.05, 0) is 38.3 Å². The van der Waals surface area contributed by atoms with Gasteiger partial charge in [-0.15, -0.1) is 0 Å². The summed E-state index contributed by atoms with van der Waals surface area (Å²) in [6, 6.07) is 0. The monoisotopic (exact) mass is 240 g/mol. The lowest BCUT2D eigenvalue weighted by Gasteiger charge is -2.32. The summed E-state index contributed by atoms with van der Waals surface area (Å²) in [5.74, 6) is 0. The highest BCUT2D eigenvalue weighted by molar-refractivity contribution is 5.00. The second-order valence-electron chi connectivity index (χ2n) is 4.86. The molecular weight excluding hydrogens is 212 g/mol. The predicted octanol–water partition coefficient (Wildman–Crippen LogP) is 2.04. The Labute approximate surface area is 106 Å². The van der Waals surface area contributed by atoms with Gasteiger partial charge < -0.3 is 10.1 Å². The maximum Gasteiger partial charge on any atom is 0.0599 e. The average molecular weight is 240 g/mol. The van der Waals surface area contributed by atoms with Crippen LogP contribution >= 0.6 is 0 Å². The Morgan fingerprint density at radius 1 is 1.35 bits per heavy atom. The molecule has 0 radical (unpaired) electrons. The van der Waals surface area contributed by atoms with Crippen molar-refractivity contribution in [3.05, 3.63) is 12.2 Å². The summed E-state index contributed by atoms with van der Waals surface area (Å²) in [4.78, 5) is 2.49. The number of rotatable bonds is 8. The second kappa shape index (κ2) is 8.67. The molecule has 0 unspecified atom stereocenters. The SMILES string of the molecule is C=C(CNCCC)CN1CCC(OCC)CC1. The van der Waals surface area contributed by atoms with Crippen LogP contribution < -0.4 is 5.32 Å². The van der Waals surface area contributed by atoms with Gasteiger partial charge in [-0.25, -0.2) is 0 Å². The highest BCUT2D eigenvalue weighted by Crippen LogP contribution is 2.14. The van der Waals surface area contributed by atoms with Gasteiger partial charge in [-0.3, -0.25) is 4.90 Å². The number of ether oxygens (including phenoxy) is 1. The fraction of sp³-hybridized carbons (Fsp3) is 0.857. The summed E-state index contributed by atoms with van der Waals surface area (Å²) < 4.78 is 5.65. The minimum atomic E-state index is 0.489. The van der Waals surface area contributed by atoms with Gasteiger partial charge in [0.15, 0.2) is 0 Å². The minimum Gasteiger partial charge on any atom is -0.378 e. The average Bonchev–Trinajstić information content (AvgIpc) is 2.32. The molecule has 0 aromatic rings. The van der Waals surface area contributed by atoms with E-state index in [0.29, 0.717) is 6.10 Å². The van der Waals surface area contributed by atoms with Crippen LogP contribution in [0.2, 0.25) is 0 Å². The zero-order valence-electron chi connectivity index (χ0n) is 11.5. The topological polar surface area (TPSA) is 24.5 Å². The quantitative estimate of drug-likeness (QED) is 0.519. The molecule has 0 bridgehead atoms. The molecule has 3 heteroatoms. The van der Waals surface area contributed by atoms with Gasteiger partial charge in [0.05, 0.1) is 6.10 Å². The molecule has 0 aromatic carbocycles. The lowest BCUT2D eigenvalue weighted by Crippen LogP contribution is -2.39. The fourth-order valence-corrected chi connectivity index (χ4v) is 2.28. The summed E-state index contributed by atoms with van der Waals surface area (Å²) in [5.41, 5.74) is 1.30. The smallest absolute Gasteiger partial charge is 0.0599 e. The molecule has 17 heavy (non-hydrogen) atoms. The Morgan fingerprint density at radius 2 is 2.06 bits per heavy atom. The van der Waals surface area contributed by atoms with E-state index in [9.17, 15) is 0 Å². The first-order chi connectivity index (χ1) is 8.26. The summed E-state index contributed by atoms with van der Waals surface area (Å²) in [6.45, 7) is 14.6. The Morgan fingerprint density at radius 3 is 2.65 bits per heavy atom. The summed E-state index contributed by atoms with van der Waals surface area (Å²) >= 11 is 0. The molecule has 1 aliphatic rings. The Bertz CT molecular complexity index is 210. The zero-order chi connectivity index (χ0) is 12.5. The van der Waals surface area contributed by atoms with E-state index in [-0.39, 0.29) is 0 Å². The lowest BCUT2D eigenvalue weighted by molar-refractivity contribution is 0.0161. The molecule has 3 nitrogen and oxygen atoms in total. The third kappa shape index (κ3) is 6.20. The van der Waals surface area contributed by atoms with Gasteiger partial charge >= 0.3 is 0 Å². The number of piperidine rings is 1. The summed E-state index contributed by atoms with van der Waals surface area (Å²) in [6.07, 6.45) is 4.02. The molecule has 1 fully saturated rings. The lowest BCUT2D eigenvalue weighted by atomic mass is 10.1. The Kier molecular flexibility index (Phi) is 7.49. The van der Waals surface area contributed by atoms with E-state index in [1.54, 1.807) is 0 Å². The third-order valence-corrected chi connectivity index (χ3v) is 3.19. The highest BCUT2D eigenvalue weighted by atomic mass is 16.5. The largest absolute Gasteiger partial charge is 0.378 e. The van der Waals surface area contributed by atoms with Crippen molar-refractivity contribution in [2.24, 2.45) is 0 Å². The molecule has 1 N–H and O–H groups in total. The summed E-state index contributed by atoms with van der Waals surface area (Å²) in [7, 11) is 0. The molecule has 1 heterocycles. The van der Waals surface area contributed by atoms with Gasteiger partial charge in [-0.1, -0.05) is 13.5 Å². The molecule has 0 amide bonds. The second-order valence-corrected chi connectivity index (χ2v) is 4.86. The molecule has 0 saturated carbocycles. The molecule has 0 atom stereocenters. The van der Waals surface area contributed by atoms with E-state index in [1.807, 2.05) is 0 Å². The first-order valence-electron chi connectivity index (χ1n) is 6.97. The van der Waals surface area contributed by atoms with Crippen LogP contribution in [-0.2, 0) is 4.74 Å². The van der Waals surface area contributed by atoms with Gasteiger partial charge in [-0.2, -0.15) is 0 Å². The Hall–Kier alpha value is -0.380. The normalized spacial score (nSPS) is 18.5. The molecule has 1 aliphatic heterocycles. The molecule has 0 spiro atoms. The van der Waals surface area contributed by atoms with Crippen molar-refractivity contribution in [3.63, 3.8) is 0 Å². The van der Waals surface area contributed by atoms with E-state index >= 15 is 0 Å². The number of hydrogen-bond donors (Lipinski definition) is 1. The first-order valence-corrected chi connectivity index (χ1v) is 6.97. The van der Waals surface area contributed by atoms with E-state index in [0.717, 1.165) is 39.3 Å². The van der Waals surface area contributed by atoms with Crippen LogP contribution in [0.5, 0.6) is 0 Å². The molecule has 100 valence electrons. The van der Waals surface area contributed by atoms with Crippen LogP contribution in [0.25, 0.3) is 0 Å². The third-order valence-electron chi connectivity index (χ3n) is 3.19. The standard InChI is InChI=1S/C14H28N2O/c1-4-8-15-11-13(3)12-16-9-6-14(7-10-16)17-5-2/h14-15H,3-12H2,1-2H3. The molecule has 1 rings (SSSR count). The van der Waals surface area contributed by atoms with E-state index in [2.05, 4.69) is 30.6 Å². The molecule has 0 aromatic heterocycles. The Balaban J connectivity index is 2.10. The van der Waals surface area contributed by atoms with Crippen LogP contribution in [0, 0.1) is 0 Å². The van der Waals surface area contributed by atoms with Crippen molar-refractivity contribution in [3.8, 4) is 0 Å². The minimum absolute atomic E-state index is 0.489. The van der Waals surface area contributed by atoms with Gasteiger partial charge in [0.2, 0.25) is 0 Å². The van der Waals surface area contributed by atoms with Crippen molar-refractivity contribution in [1.29, 1.82) is 0 Å². The predicted molar refractivity (Wildman–Crippen MR) is 73.4 cm³/mol. The molecular formula is C14H28N2O. The van der Waals surface area contributed by atoms with Crippen LogP contribution in [0.1, 0.15) is 33.1 Å². The zero-order valence-corrected chi connectivity index (χ0v) is 11.5. The van der Waals surface area contributed by atoms with Crippen molar-refractivity contribution in [1.82, 2.24) is 10.2 Å². The van der Waals surface area contributed by atoms with Crippen LogP contribution in [0.3, 0.4) is 0 Å². The van der Waals surface area contributed by atoms with Crippen LogP contribution in [0.15, 0.2) is 12.2 Å². The fourth-order valence-electron chi connectivity index (χ4n) is 2.28. The van der Waals surface area contributed by atoms with E-state index < -0.39 is 0 Å². The molecule has 0 aliphatic carbocycles. The number of nitrogens with one attached hydrogen (secondary N) is 1. The number of nitrogens with zero attached hydrogens (tertiary/aromatic N) is 1. The number of likely N-dealkylation sites (tertiary alicyclic amines) is 1. The summed E-state index contributed by atoms with van der Waals surface area (Å²) in [5, 5.41) is 3.40. The van der Waals surface area contributed by atoms with Crippen molar-refractivity contribution >= 4 is 0 Å². The van der Waals surface area contributed by atoms with Gasteiger partial charge in [0.1, 0.15) is 0 Å². The van der Waals surface area contributed by atoms with E-state index in [1.165, 1.54) is 24.8 Å². The first kappa shape index (κ1) is 14.7. The maximum absolute atomic E-state index is 5.65. The van der Waals surface area contributed by atoms with Crippen LogP contribution in [0.4, 0.5) is 0 Å². The number of hydrogen-bond acceptors (Lipinski definition) is 3. The molecule has 1 saturated heterocycles. The van der Waals surface area contributed by atoms with Crippen LogP contribution in [-0.4, -0.2) is 50.3 Å². The van der Waals surface area contributed by atoms with E-state index in [4.69, 9.17) is 4.74 Å². The van der Waals surface area contributed by atoms with Gasteiger partial charge in [0, 0.05) is 32.8 Å².